The first-order valence-electron chi connectivity index (χ1n) is 7.22. The van der Waals surface area contributed by atoms with Gasteiger partial charge in [0.25, 0.3) is 0 Å². The molecule has 0 saturated carbocycles. The molecule has 21 heavy (non-hydrogen) atoms. The van der Waals surface area contributed by atoms with Crippen molar-refractivity contribution < 1.29 is 9.13 Å². The second-order valence-corrected chi connectivity index (χ2v) is 5.94. The van der Waals surface area contributed by atoms with Crippen LogP contribution in [0.25, 0.3) is 0 Å². The molecule has 2 aliphatic rings. The van der Waals surface area contributed by atoms with Crippen LogP contribution in [0.1, 0.15) is 24.8 Å². The molecule has 6 heteroatoms. The second kappa shape index (κ2) is 6.20. The maximum absolute atomic E-state index is 13.1. The van der Waals surface area contributed by atoms with Gasteiger partial charge in [-0.25, -0.2) is 4.39 Å². The topological polar surface area (TPSA) is 45.7 Å². The minimum Gasteiger partial charge on any atom is -0.373 e. The highest BCUT2D eigenvalue weighted by Gasteiger charge is 2.41. The molecule has 3 rings (SSSR count). The van der Waals surface area contributed by atoms with Crippen LogP contribution in [0.2, 0.25) is 5.02 Å². The highest BCUT2D eigenvalue weighted by Crippen LogP contribution is 2.34. The number of benzene rings is 1. The Morgan fingerprint density at radius 2 is 2.33 bits per heavy atom. The van der Waals surface area contributed by atoms with Crippen molar-refractivity contribution in [1.82, 2.24) is 10.6 Å². The van der Waals surface area contributed by atoms with Crippen LogP contribution in [-0.2, 0) is 11.3 Å². The van der Waals surface area contributed by atoms with Crippen molar-refractivity contribution in [2.45, 2.75) is 44.1 Å². The van der Waals surface area contributed by atoms with E-state index in [0.29, 0.717) is 24.8 Å². The van der Waals surface area contributed by atoms with Crippen molar-refractivity contribution in [3.05, 3.63) is 34.6 Å². The largest absolute Gasteiger partial charge is 0.373 e. The molecule has 0 spiro atoms. The molecule has 3 atom stereocenters. The van der Waals surface area contributed by atoms with Gasteiger partial charge in [0.05, 0.1) is 23.3 Å². The van der Waals surface area contributed by atoms with Crippen molar-refractivity contribution in [3.63, 3.8) is 0 Å². The highest BCUT2D eigenvalue weighted by molar-refractivity contribution is 6.30. The molecule has 2 fully saturated rings. The molecule has 3 unspecified atom stereocenters. The Morgan fingerprint density at radius 3 is 2.95 bits per heavy atom. The molecule has 2 saturated heterocycles. The van der Waals surface area contributed by atoms with Gasteiger partial charge in [0, 0.05) is 13.6 Å². The maximum atomic E-state index is 13.1. The second-order valence-electron chi connectivity index (χ2n) is 5.53. The molecular formula is C15H19ClFN3O. The molecule has 2 aliphatic heterocycles. The van der Waals surface area contributed by atoms with Crippen LogP contribution >= 0.6 is 11.6 Å². The lowest BCUT2D eigenvalue weighted by molar-refractivity contribution is 0.0992. The fourth-order valence-electron chi connectivity index (χ4n) is 3.00. The van der Waals surface area contributed by atoms with Gasteiger partial charge in [0.2, 0.25) is 0 Å². The third-order valence-electron chi connectivity index (χ3n) is 4.10. The van der Waals surface area contributed by atoms with E-state index >= 15 is 0 Å². The molecule has 1 aromatic rings. The lowest BCUT2D eigenvalue weighted by Crippen LogP contribution is -2.47. The zero-order chi connectivity index (χ0) is 14.8. The predicted octanol–water partition coefficient (Wildman–Crippen LogP) is 2.46. The van der Waals surface area contributed by atoms with E-state index in [-0.39, 0.29) is 5.02 Å². The number of halogens is 2. The normalized spacial score (nSPS) is 28.0. The Hall–Kier alpha value is -1.33. The summed E-state index contributed by atoms with van der Waals surface area (Å²) in [6.07, 6.45) is 4.03. The first kappa shape index (κ1) is 14.6. The van der Waals surface area contributed by atoms with Crippen LogP contribution in [-0.4, -0.2) is 31.3 Å². The molecule has 4 nitrogen and oxygen atoms in total. The summed E-state index contributed by atoms with van der Waals surface area (Å²) in [7, 11) is 1.74. The first-order valence-corrected chi connectivity index (χ1v) is 7.60. The van der Waals surface area contributed by atoms with E-state index in [9.17, 15) is 4.39 Å². The SMILES string of the molecule is CN=C(NCc1ccc(F)c(Cl)c1)NC1CC2CCC1O2. The van der Waals surface area contributed by atoms with E-state index in [2.05, 4.69) is 15.6 Å². The lowest BCUT2D eigenvalue weighted by Gasteiger charge is -2.22. The quantitative estimate of drug-likeness (QED) is 0.666. The van der Waals surface area contributed by atoms with E-state index in [4.69, 9.17) is 16.3 Å². The summed E-state index contributed by atoms with van der Waals surface area (Å²) < 4.78 is 18.9. The minimum absolute atomic E-state index is 0.138. The minimum atomic E-state index is -0.401. The summed E-state index contributed by atoms with van der Waals surface area (Å²) in [6, 6.07) is 5.03. The Morgan fingerprint density at radius 1 is 1.48 bits per heavy atom. The molecule has 2 N–H and O–H groups in total. The third kappa shape index (κ3) is 3.30. The molecule has 0 aromatic heterocycles. The van der Waals surface area contributed by atoms with E-state index in [0.717, 1.165) is 24.4 Å². The summed E-state index contributed by atoms with van der Waals surface area (Å²) in [5, 5.41) is 6.76. The molecule has 2 heterocycles. The number of nitrogens with one attached hydrogen (secondary N) is 2. The van der Waals surface area contributed by atoms with Crippen LogP contribution in [0.3, 0.4) is 0 Å². The number of ether oxygens (including phenoxy) is 1. The maximum Gasteiger partial charge on any atom is 0.191 e. The van der Waals surface area contributed by atoms with Gasteiger partial charge < -0.3 is 15.4 Å². The third-order valence-corrected chi connectivity index (χ3v) is 4.39. The smallest absolute Gasteiger partial charge is 0.191 e. The van der Waals surface area contributed by atoms with Gasteiger partial charge in [-0.05, 0) is 37.0 Å². The number of hydrogen-bond donors (Lipinski definition) is 2. The average molecular weight is 312 g/mol. The fourth-order valence-corrected chi connectivity index (χ4v) is 3.20. The van der Waals surface area contributed by atoms with Crippen LogP contribution in [0.15, 0.2) is 23.2 Å². The van der Waals surface area contributed by atoms with Crippen molar-refractivity contribution in [2.24, 2.45) is 4.99 Å². The van der Waals surface area contributed by atoms with Gasteiger partial charge in [-0.2, -0.15) is 0 Å². The fraction of sp³-hybridized carbons (Fsp3) is 0.533. The van der Waals surface area contributed by atoms with Crippen molar-refractivity contribution in [1.29, 1.82) is 0 Å². The van der Waals surface area contributed by atoms with Gasteiger partial charge in [-0.3, -0.25) is 4.99 Å². The predicted molar refractivity (Wildman–Crippen MR) is 81.0 cm³/mol. The van der Waals surface area contributed by atoms with Crippen LogP contribution in [0.4, 0.5) is 4.39 Å². The lowest BCUT2D eigenvalue weighted by atomic mass is 9.96. The molecule has 114 valence electrons. The van der Waals surface area contributed by atoms with Crippen molar-refractivity contribution >= 4 is 17.6 Å². The number of aliphatic imine (C=N–C) groups is 1. The molecule has 2 bridgehead atoms. The standard InChI is InChI=1S/C15H19ClFN3O/c1-18-15(20-13-7-10-3-5-14(13)21-10)19-8-9-2-4-12(17)11(16)6-9/h2,4,6,10,13-14H,3,5,7-8H2,1H3,(H2,18,19,20). The molecule has 0 aliphatic carbocycles. The first-order chi connectivity index (χ1) is 10.2. The Kier molecular flexibility index (Phi) is 4.31. The molecular weight excluding hydrogens is 293 g/mol. The summed E-state index contributed by atoms with van der Waals surface area (Å²) in [4.78, 5) is 4.22. The van der Waals surface area contributed by atoms with Gasteiger partial charge in [0.1, 0.15) is 5.82 Å². The van der Waals surface area contributed by atoms with Crippen LogP contribution in [0.5, 0.6) is 0 Å². The van der Waals surface area contributed by atoms with E-state index in [1.165, 1.54) is 12.5 Å². The van der Waals surface area contributed by atoms with Gasteiger partial charge in [-0.15, -0.1) is 0 Å². The number of rotatable bonds is 3. The Labute approximate surface area is 128 Å². The molecule has 0 amide bonds. The monoisotopic (exact) mass is 311 g/mol. The van der Waals surface area contributed by atoms with Crippen LogP contribution in [0, 0.1) is 5.82 Å². The number of hydrogen-bond acceptors (Lipinski definition) is 2. The zero-order valence-corrected chi connectivity index (χ0v) is 12.7. The summed E-state index contributed by atoms with van der Waals surface area (Å²) in [6.45, 7) is 0.543. The number of nitrogens with zero attached hydrogens (tertiary/aromatic N) is 1. The van der Waals surface area contributed by atoms with E-state index < -0.39 is 5.82 Å². The number of fused-ring (bicyclic) bond motifs is 2. The van der Waals surface area contributed by atoms with Crippen molar-refractivity contribution in [2.75, 3.05) is 7.05 Å². The summed E-state index contributed by atoms with van der Waals surface area (Å²) >= 11 is 5.78. The Bertz CT molecular complexity index is 552. The van der Waals surface area contributed by atoms with Crippen LogP contribution < -0.4 is 10.6 Å². The Balaban J connectivity index is 1.54. The van der Waals surface area contributed by atoms with Gasteiger partial charge in [-0.1, -0.05) is 17.7 Å². The van der Waals surface area contributed by atoms with Gasteiger partial charge in [0.15, 0.2) is 5.96 Å². The van der Waals surface area contributed by atoms with Crippen molar-refractivity contribution in [3.8, 4) is 0 Å². The van der Waals surface area contributed by atoms with E-state index in [1.807, 2.05) is 0 Å². The highest BCUT2D eigenvalue weighted by atomic mass is 35.5. The zero-order valence-electron chi connectivity index (χ0n) is 11.9. The summed E-state index contributed by atoms with van der Waals surface area (Å²) in [5.74, 6) is 0.332. The average Bonchev–Trinajstić information content (AvgIpc) is 3.09. The van der Waals surface area contributed by atoms with Gasteiger partial charge >= 0.3 is 0 Å². The molecule has 1 aromatic carbocycles. The number of guanidine groups is 1. The van der Waals surface area contributed by atoms with E-state index in [1.54, 1.807) is 19.2 Å². The molecule has 0 radical (unpaired) electrons. The summed E-state index contributed by atoms with van der Waals surface area (Å²) in [5.41, 5.74) is 0.911.